The number of allylic oxidation sites excluding steroid dienone is 1. The van der Waals surface area contributed by atoms with Crippen molar-refractivity contribution >= 4 is 21.9 Å². The Morgan fingerprint density at radius 1 is 0.500 bits per heavy atom. The highest BCUT2D eigenvalue weighted by Gasteiger charge is 2.09. The molecular weight excluding hydrogens is 436 g/mol. The predicted octanol–water partition coefficient (Wildman–Crippen LogP) is 12.1. The van der Waals surface area contributed by atoms with Crippen LogP contribution in [0.25, 0.3) is 21.9 Å². The minimum Gasteiger partial charge on any atom is -0.456 e. The molecule has 36 heavy (non-hydrogen) atoms. The van der Waals surface area contributed by atoms with Gasteiger partial charge in [0.25, 0.3) is 0 Å². The number of para-hydroxylation sites is 2. The van der Waals surface area contributed by atoms with Crippen molar-refractivity contribution in [1.29, 1.82) is 0 Å². The van der Waals surface area contributed by atoms with E-state index < -0.39 is 0 Å². The van der Waals surface area contributed by atoms with E-state index in [-0.39, 0.29) is 0 Å². The standard InChI is InChI=1S/C35H52O/c1-2-3-4-5-6-7-8-9-10-11-12-13-14-15-16-17-18-19-20-21-22-26-31-27-25-29-33-32-28-23-24-30-34(32)36-35(31)33/h2,23-25,27-30H,1,3-22,26H2. The highest BCUT2D eigenvalue weighted by Crippen LogP contribution is 2.31. The summed E-state index contributed by atoms with van der Waals surface area (Å²) < 4.78 is 6.18. The van der Waals surface area contributed by atoms with E-state index in [1.165, 1.54) is 145 Å². The summed E-state index contributed by atoms with van der Waals surface area (Å²) in [6.45, 7) is 3.80. The van der Waals surface area contributed by atoms with Gasteiger partial charge in [0.2, 0.25) is 0 Å². The zero-order valence-corrected chi connectivity index (χ0v) is 23.1. The van der Waals surface area contributed by atoms with Crippen LogP contribution < -0.4 is 0 Å². The van der Waals surface area contributed by atoms with Gasteiger partial charge in [-0.15, -0.1) is 6.58 Å². The summed E-state index contributed by atoms with van der Waals surface area (Å²) in [5, 5.41) is 2.51. The maximum absolute atomic E-state index is 6.18. The van der Waals surface area contributed by atoms with Crippen LogP contribution in [0.4, 0.5) is 0 Å². The Hall–Kier alpha value is -2.02. The maximum atomic E-state index is 6.18. The van der Waals surface area contributed by atoms with Crippen molar-refractivity contribution in [3.8, 4) is 0 Å². The van der Waals surface area contributed by atoms with Gasteiger partial charge in [0.15, 0.2) is 0 Å². The van der Waals surface area contributed by atoms with Crippen molar-refractivity contribution in [2.24, 2.45) is 0 Å². The summed E-state index contributed by atoms with van der Waals surface area (Å²) in [6, 6.07) is 15.0. The van der Waals surface area contributed by atoms with E-state index in [2.05, 4.69) is 55.1 Å². The van der Waals surface area contributed by atoms with Crippen molar-refractivity contribution in [3.05, 3.63) is 60.7 Å². The van der Waals surface area contributed by atoms with Crippen LogP contribution in [0, 0.1) is 0 Å². The molecular formula is C35H52O. The predicted molar refractivity (Wildman–Crippen MR) is 160 cm³/mol. The van der Waals surface area contributed by atoms with Crippen LogP contribution in [0.1, 0.15) is 134 Å². The minimum atomic E-state index is 1.01. The van der Waals surface area contributed by atoms with Gasteiger partial charge in [0.05, 0.1) is 0 Å². The highest BCUT2D eigenvalue weighted by molar-refractivity contribution is 6.05. The number of furan rings is 1. The quantitative estimate of drug-likeness (QED) is 0.101. The van der Waals surface area contributed by atoms with Gasteiger partial charge >= 0.3 is 0 Å². The second-order valence-electron chi connectivity index (χ2n) is 10.9. The van der Waals surface area contributed by atoms with Crippen LogP contribution in [0.5, 0.6) is 0 Å². The third-order valence-electron chi connectivity index (χ3n) is 7.84. The molecule has 2 aromatic carbocycles. The third-order valence-corrected chi connectivity index (χ3v) is 7.84. The summed E-state index contributed by atoms with van der Waals surface area (Å²) in [6.07, 6.45) is 31.3. The summed E-state index contributed by atoms with van der Waals surface area (Å²) in [5.74, 6) is 0. The number of fused-ring (bicyclic) bond motifs is 3. The third kappa shape index (κ3) is 10.5. The van der Waals surface area contributed by atoms with Gasteiger partial charge in [-0.25, -0.2) is 0 Å². The van der Waals surface area contributed by atoms with Crippen LogP contribution >= 0.6 is 0 Å². The summed E-state index contributed by atoms with van der Waals surface area (Å²) >= 11 is 0. The average Bonchev–Trinajstić information content (AvgIpc) is 3.29. The SMILES string of the molecule is C=CCCCCCCCCCCCCCCCCCCCCCc1cccc2c1oc1ccccc12. The first kappa shape index (κ1) is 28.5. The summed E-state index contributed by atoms with van der Waals surface area (Å²) in [5.41, 5.74) is 3.49. The van der Waals surface area contributed by atoms with Crippen molar-refractivity contribution in [2.45, 2.75) is 135 Å². The molecule has 3 aromatic rings. The van der Waals surface area contributed by atoms with Gasteiger partial charge in [-0.3, -0.25) is 0 Å². The normalized spacial score (nSPS) is 11.6. The molecule has 0 N–H and O–H groups in total. The smallest absolute Gasteiger partial charge is 0.138 e. The van der Waals surface area contributed by atoms with E-state index >= 15 is 0 Å². The second-order valence-corrected chi connectivity index (χ2v) is 10.9. The van der Waals surface area contributed by atoms with Gasteiger partial charge in [0.1, 0.15) is 11.2 Å². The fraction of sp³-hybridized carbons (Fsp3) is 0.600. The van der Waals surface area contributed by atoms with Crippen LogP contribution in [-0.2, 0) is 6.42 Å². The molecule has 0 spiro atoms. The Bertz CT molecular complexity index is 965. The molecule has 0 bridgehead atoms. The lowest BCUT2D eigenvalue weighted by Crippen LogP contribution is -1.87. The lowest BCUT2D eigenvalue weighted by Gasteiger charge is -2.05. The van der Waals surface area contributed by atoms with Gasteiger partial charge in [-0.05, 0) is 37.3 Å². The van der Waals surface area contributed by atoms with Gasteiger partial charge in [-0.2, -0.15) is 0 Å². The molecule has 0 amide bonds. The first-order chi connectivity index (χ1) is 17.9. The molecule has 198 valence electrons. The largest absolute Gasteiger partial charge is 0.456 e. The van der Waals surface area contributed by atoms with E-state index in [1.54, 1.807) is 0 Å². The van der Waals surface area contributed by atoms with E-state index in [1.807, 2.05) is 0 Å². The molecule has 1 heteroatoms. The molecule has 0 unspecified atom stereocenters. The molecule has 0 aliphatic rings. The molecule has 0 fully saturated rings. The van der Waals surface area contributed by atoms with Crippen molar-refractivity contribution in [2.75, 3.05) is 0 Å². The number of unbranched alkanes of at least 4 members (excludes halogenated alkanes) is 19. The Balaban J connectivity index is 1.09. The van der Waals surface area contributed by atoms with Crippen molar-refractivity contribution < 1.29 is 4.42 Å². The topological polar surface area (TPSA) is 13.1 Å². The molecule has 0 atom stereocenters. The van der Waals surface area contributed by atoms with Crippen molar-refractivity contribution in [1.82, 2.24) is 0 Å². The Labute approximate surface area is 221 Å². The maximum Gasteiger partial charge on any atom is 0.138 e. The summed E-state index contributed by atoms with van der Waals surface area (Å²) in [4.78, 5) is 0. The second kappa shape index (κ2) is 18.3. The van der Waals surface area contributed by atoms with Crippen LogP contribution in [0.15, 0.2) is 59.5 Å². The summed E-state index contributed by atoms with van der Waals surface area (Å²) in [7, 11) is 0. The molecule has 0 saturated carbocycles. The molecule has 1 nitrogen and oxygen atoms in total. The monoisotopic (exact) mass is 488 g/mol. The first-order valence-corrected chi connectivity index (χ1v) is 15.4. The van der Waals surface area contributed by atoms with E-state index in [4.69, 9.17) is 4.42 Å². The molecule has 1 heterocycles. The first-order valence-electron chi connectivity index (χ1n) is 15.4. The zero-order valence-electron chi connectivity index (χ0n) is 23.1. The van der Waals surface area contributed by atoms with Crippen LogP contribution in [-0.4, -0.2) is 0 Å². The zero-order chi connectivity index (χ0) is 25.1. The lowest BCUT2D eigenvalue weighted by atomic mass is 10.0. The molecule has 1 aromatic heterocycles. The van der Waals surface area contributed by atoms with Gasteiger partial charge < -0.3 is 4.42 Å². The molecule has 0 radical (unpaired) electrons. The van der Waals surface area contributed by atoms with E-state index in [0.717, 1.165) is 17.6 Å². The van der Waals surface area contributed by atoms with E-state index in [9.17, 15) is 0 Å². The van der Waals surface area contributed by atoms with Crippen molar-refractivity contribution in [3.63, 3.8) is 0 Å². The fourth-order valence-electron chi connectivity index (χ4n) is 5.61. The number of aryl methyl sites for hydroxylation is 1. The molecule has 0 aliphatic carbocycles. The molecule has 0 aliphatic heterocycles. The van der Waals surface area contributed by atoms with Gasteiger partial charge in [0, 0.05) is 10.8 Å². The average molecular weight is 489 g/mol. The fourth-order valence-corrected chi connectivity index (χ4v) is 5.61. The lowest BCUT2D eigenvalue weighted by molar-refractivity contribution is 0.522. The number of rotatable bonds is 22. The number of hydrogen-bond acceptors (Lipinski definition) is 1. The highest BCUT2D eigenvalue weighted by atomic mass is 16.3. The number of benzene rings is 2. The Morgan fingerprint density at radius 3 is 1.53 bits per heavy atom. The Kier molecular flexibility index (Phi) is 14.5. The Morgan fingerprint density at radius 2 is 0.972 bits per heavy atom. The number of hydrogen-bond donors (Lipinski definition) is 0. The minimum absolute atomic E-state index is 1.01. The van der Waals surface area contributed by atoms with Crippen LogP contribution in [0.2, 0.25) is 0 Å². The molecule has 3 rings (SSSR count). The van der Waals surface area contributed by atoms with E-state index in [0.29, 0.717) is 0 Å². The van der Waals surface area contributed by atoms with Crippen LogP contribution in [0.3, 0.4) is 0 Å². The molecule has 0 saturated heterocycles. The van der Waals surface area contributed by atoms with Gasteiger partial charge in [-0.1, -0.05) is 152 Å².